The molecule has 2 N–H and O–H groups in total. The number of carbonyl (C=O) groups is 2. The number of aryl methyl sites for hydroxylation is 1. The first-order chi connectivity index (χ1) is 11.6. The summed E-state index contributed by atoms with van der Waals surface area (Å²) in [5.74, 6) is -1.14. The van der Waals surface area contributed by atoms with Crippen molar-refractivity contribution >= 4 is 23.6 Å². The number of anilines is 1. The van der Waals surface area contributed by atoms with Gasteiger partial charge in [0.1, 0.15) is 17.6 Å². The lowest BCUT2D eigenvalue weighted by atomic mass is 10.2. The molecule has 0 radical (unpaired) electrons. The van der Waals surface area contributed by atoms with Gasteiger partial charge in [0.25, 0.3) is 5.56 Å². The van der Waals surface area contributed by atoms with Crippen molar-refractivity contribution in [2.45, 2.75) is 18.9 Å². The number of fused-ring (bicyclic) bond motifs is 1. The first-order valence-electron chi connectivity index (χ1n) is 7.43. The van der Waals surface area contributed by atoms with E-state index in [4.69, 9.17) is 0 Å². The van der Waals surface area contributed by atoms with E-state index in [1.54, 1.807) is 6.08 Å². The number of nitrogens with one attached hydrogen (secondary N) is 1. The number of benzene rings is 1. The molecule has 2 heterocycles. The molecule has 0 unspecified atom stereocenters. The van der Waals surface area contributed by atoms with Crippen molar-refractivity contribution in [1.29, 1.82) is 0 Å². The molecule has 122 valence electrons. The lowest BCUT2D eigenvalue weighted by Gasteiger charge is -2.11. The van der Waals surface area contributed by atoms with Gasteiger partial charge in [-0.25, -0.2) is 9.78 Å². The zero-order valence-corrected chi connectivity index (χ0v) is 12.7. The van der Waals surface area contributed by atoms with Crippen LogP contribution >= 0.6 is 0 Å². The van der Waals surface area contributed by atoms with E-state index in [0.717, 1.165) is 10.1 Å². The Morgan fingerprint density at radius 2 is 2.04 bits per heavy atom. The molecule has 0 bridgehead atoms. The fraction of sp³-hybridized carbons (Fsp3) is 0.176. The molecule has 3 rings (SSSR count). The van der Waals surface area contributed by atoms with Crippen LogP contribution < -0.4 is 10.9 Å². The summed E-state index contributed by atoms with van der Waals surface area (Å²) >= 11 is 0. The zero-order valence-electron chi connectivity index (χ0n) is 12.7. The molecule has 0 saturated heterocycles. The molecule has 2 aromatic rings. The van der Waals surface area contributed by atoms with E-state index in [1.165, 1.54) is 12.3 Å². The molecule has 7 heteroatoms. The molecule has 1 aromatic heterocycles. The molecular formula is C17H15N3O4. The SMILES string of the molecule is O=C(/C=C/c1ccccc1)Nc1cnc2n(c1=O)[C@H](C(=O)O)CC2. The smallest absolute Gasteiger partial charge is 0.326 e. The number of nitrogens with zero attached hydrogens (tertiary/aromatic N) is 2. The largest absolute Gasteiger partial charge is 0.480 e. The number of carboxylic acids is 1. The first-order valence-corrected chi connectivity index (χ1v) is 7.43. The highest BCUT2D eigenvalue weighted by Crippen LogP contribution is 2.22. The van der Waals surface area contributed by atoms with E-state index in [-0.39, 0.29) is 5.69 Å². The normalized spacial score (nSPS) is 16.1. The lowest BCUT2D eigenvalue weighted by Crippen LogP contribution is -2.31. The fourth-order valence-electron chi connectivity index (χ4n) is 2.63. The molecule has 1 aliphatic rings. The van der Waals surface area contributed by atoms with E-state index in [1.807, 2.05) is 30.3 Å². The van der Waals surface area contributed by atoms with E-state index in [0.29, 0.717) is 18.7 Å². The monoisotopic (exact) mass is 325 g/mol. The number of hydrogen-bond acceptors (Lipinski definition) is 4. The molecule has 24 heavy (non-hydrogen) atoms. The molecule has 0 saturated carbocycles. The average Bonchev–Trinajstić information content (AvgIpc) is 3.02. The Morgan fingerprint density at radius 3 is 2.75 bits per heavy atom. The van der Waals surface area contributed by atoms with Crippen LogP contribution in [0.5, 0.6) is 0 Å². The van der Waals surface area contributed by atoms with Gasteiger partial charge < -0.3 is 10.4 Å². The number of aliphatic carboxylic acids is 1. The number of aromatic nitrogens is 2. The van der Waals surface area contributed by atoms with Crippen LogP contribution in [0.15, 0.2) is 47.4 Å². The maximum Gasteiger partial charge on any atom is 0.326 e. The van der Waals surface area contributed by atoms with Gasteiger partial charge in [0.2, 0.25) is 5.91 Å². The maximum absolute atomic E-state index is 12.4. The molecule has 0 aliphatic carbocycles. The number of hydrogen-bond donors (Lipinski definition) is 2. The van der Waals surface area contributed by atoms with E-state index in [9.17, 15) is 19.5 Å². The fourth-order valence-corrected chi connectivity index (χ4v) is 2.63. The Bertz CT molecular complexity index is 871. The topological polar surface area (TPSA) is 101 Å². The van der Waals surface area contributed by atoms with Gasteiger partial charge >= 0.3 is 5.97 Å². The lowest BCUT2D eigenvalue weighted by molar-refractivity contribution is -0.140. The summed E-state index contributed by atoms with van der Waals surface area (Å²) < 4.78 is 1.14. The molecule has 1 amide bonds. The van der Waals surface area contributed by atoms with Crippen molar-refractivity contribution in [1.82, 2.24) is 9.55 Å². The molecule has 0 fully saturated rings. The summed E-state index contributed by atoms with van der Waals surface area (Å²) in [6.07, 6.45) is 4.94. The number of amides is 1. The van der Waals surface area contributed by atoms with Crippen molar-refractivity contribution in [3.63, 3.8) is 0 Å². The van der Waals surface area contributed by atoms with Crippen molar-refractivity contribution in [3.05, 3.63) is 64.3 Å². The van der Waals surface area contributed by atoms with E-state index < -0.39 is 23.5 Å². The molecule has 7 nitrogen and oxygen atoms in total. The molecule has 1 aromatic carbocycles. The Labute approximate surface area is 137 Å². The summed E-state index contributed by atoms with van der Waals surface area (Å²) in [7, 11) is 0. The summed E-state index contributed by atoms with van der Waals surface area (Å²) in [6, 6.07) is 8.31. The molecule has 1 atom stereocenters. The predicted molar refractivity (Wildman–Crippen MR) is 87.6 cm³/mol. The van der Waals surface area contributed by atoms with Gasteiger partial charge in [0, 0.05) is 12.5 Å². The maximum atomic E-state index is 12.4. The van der Waals surface area contributed by atoms with Gasteiger partial charge in [-0.15, -0.1) is 0 Å². The van der Waals surface area contributed by atoms with Crippen molar-refractivity contribution in [3.8, 4) is 0 Å². The Kier molecular flexibility index (Phi) is 4.24. The third-order valence-electron chi connectivity index (χ3n) is 3.79. The van der Waals surface area contributed by atoms with Crippen LogP contribution in [0.4, 0.5) is 5.69 Å². The summed E-state index contributed by atoms with van der Waals surface area (Å²) in [6.45, 7) is 0. The zero-order chi connectivity index (χ0) is 17.1. The van der Waals surface area contributed by atoms with Crippen LogP contribution in [-0.2, 0) is 16.0 Å². The Balaban J connectivity index is 1.80. The highest BCUT2D eigenvalue weighted by molar-refractivity contribution is 6.01. The van der Waals surface area contributed by atoms with Crippen LogP contribution in [0.2, 0.25) is 0 Å². The summed E-state index contributed by atoms with van der Waals surface area (Å²) in [5.41, 5.74) is 0.267. The quantitative estimate of drug-likeness (QED) is 0.829. The second-order valence-electron chi connectivity index (χ2n) is 5.39. The Hall–Kier alpha value is -3.22. The third-order valence-corrected chi connectivity index (χ3v) is 3.79. The van der Waals surface area contributed by atoms with Crippen molar-refractivity contribution < 1.29 is 14.7 Å². The molecule has 1 aliphatic heterocycles. The highest BCUT2D eigenvalue weighted by Gasteiger charge is 2.30. The summed E-state index contributed by atoms with van der Waals surface area (Å²) in [4.78, 5) is 39.7. The minimum Gasteiger partial charge on any atom is -0.480 e. The van der Waals surface area contributed by atoms with E-state index >= 15 is 0 Å². The number of carbonyl (C=O) groups excluding carboxylic acids is 1. The van der Waals surface area contributed by atoms with Gasteiger partial charge in [0.05, 0.1) is 6.20 Å². The summed E-state index contributed by atoms with van der Waals surface area (Å²) in [5, 5.41) is 11.6. The highest BCUT2D eigenvalue weighted by atomic mass is 16.4. The van der Waals surface area contributed by atoms with Crippen molar-refractivity contribution in [2.24, 2.45) is 0 Å². The number of carboxylic acid groups (broad SMARTS) is 1. The standard InChI is InChI=1S/C17H15N3O4/c21-15(9-6-11-4-2-1-3-5-11)19-12-10-18-14-8-7-13(17(23)24)20(14)16(12)22/h1-6,9-10,13H,7-8H2,(H,19,21)(H,23,24)/b9-6+/t13-/m0/s1. The second kappa shape index (κ2) is 6.49. The Morgan fingerprint density at radius 1 is 1.29 bits per heavy atom. The van der Waals surface area contributed by atoms with Gasteiger partial charge in [-0.3, -0.25) is 14.2 Å². The minimum atomic E-state index is -1.08. The predicted octanol–water partition coefficient (Wildman–Crippen LogP) is 1.47. The van der Waals surface area contributed by atoms with Gasteiger partial charge in [0.15, 0.2) is 0 Å². The van der Waals surface area contributed by atoms with Crippen LogP contribution in [0.3, 0.4) is 0 Å². The minimum absolute atomic E-state index is 0.0328. The van der Waals surface area contributed by atoms with Crippen LogP contribution in [0.1, 0.15) is 23.9 Å². The van der Waals surface area contributed by atoms with Crippen LogP contribution in [0.25, 0.3) is 6.08 Å². The first kappa shape index (κ1) is 15.7. The number of rotatable bonds is 4. The van der Waals surface area contributed by atoms with Gasteiger partial charge in [-0.1, -0.05) is 30.3 Å². The third kappa shape index (κ3) is 3.10. The van der Waals surface area contributed by atoms with Gasteiger partial charge in [-0.2, -0.15) is 0 Å². The van der Waals surface area contributed by atoms with Crippen LogP contribution in [0, 0.1) is 0 Å². The van der Waals surface area contributed by atoms with Crippen LogP contribution in [-0.4, -0.2) is 26.5 Å². The van der Waals surface area contributed by atoms with E-state index in [2.05, 4.69) is 10.3 Å². The van der Waals surface area contributed by atoms with Crippen molar-refractivity contribution in [2.75, 3.05) is 5.32 Å². The molecular weight excluding hydrogens is 310 g/mol. The molecule has 0 spiro atoms. The van der Waals surface area contributed by atoms with Gasteiger partial charge in [-0.05, 0) is 18.1 Å². The second-order valence-corrected chi connectivity index (χ2v) is 5.39. The average molecular weight is 325 g/mol.